The van der Waals surface area contributed by atoms with Crippen LogP contribution in [0.2, 0.25) is 0 Å². The molecule has 0 amide bonds. The van der Waals surface area contributed by atoms with Gasteiger partial charge in [-0.25, -0.2) is 16.8 Å². The van der Waals surface area contributed by atoms with Crippen molar-refractivity contribution in [2.45, 2.75) is 15.9 Å². The third-order valence-electron chi connectivity index (χ3n) is 4.55. The molecule has 0 bridgehead atoms. The molecule has 0 saturated heterocycles. The molecule has 0 saturated carbocycles. The van der Waals surface area contributed by atoms with E-state index in [2.05, 4.69) is 40.3 Å². The summed E-state index contributed by atoms with van der Waals surface area (Å²) in [5, 5.41) is 40.3. The largest absolute Gasteiger partial charge is 1.00 e. The van der Waals surface area contributed by atoms with E-state index in [1.54, 1.807) is 0 Å². The molecule has 1 heterocycles. The molecule has 208 valence electrons. The van der Waals surface area contributed by atoms with E-state index in [1.807, 2.05) is 0 Å². The minimum absolute atomic E-state index is 0. The third kappa shape index (κ3) is 13.7. The second kappa shape index (κ2) is 18.8. The van der Waals surface area contributed by atoms with E-state index in [0.717, 1.165) is 6.07 Å². The fourth-order valence-electron chi connectivity index (χ4n) is 2.97. The first-order valence-corrected chi connectivity index (χ1v) is 14.0. The molecule has 0 aliphatic heterocycles. The summed E-state index contributed by atoms with van der Waals surface area (Å²) in [4.78, 5) is 11.7. The van der Waals surface area contributed by atoms with Crippen molar-refractivity contribution in [2.75, 3.05) is 41.4 Å². The summed E-state index contributed by atoms with van der Waals surface area (Å²) in [6, 6.07) is 6.65. The van der Waals surface area contributed by atoms with Gasteiger partial charge in [-0.1, -0.05) is 6.07 Å². The van der Waals surface area contributed by atoms with Gasteiger partial charge in [-0.3, -0.25) is 5.04 Å². The predicted molar refractivity (Wildman–Crippen MR) is 128 cm³/mol. The van der Waals surface area contributed by atoms with Crippen LogP contribution >= 0.6 is 12.0 Å². The minimum Gasteiger partial charge on any atom is -0.748 e. The Labute approximate surface area is 305 Å². The number of benzene rings is 2. The van der Waals surface area contributed by atoms with Gasteiger partial charge in [0.2, 0.25) is 17.8 Å². The van der Waals surface area contributed by atoms with Crippen LogP contribution in [-0.4, -0.2) is 82.7 Å². The molecule has 3 rings (SSSR count). The Morgan fingerprint density at radius 1 is 0.951 bits per heavy atom. The van der Waals surface area contributed by atoms with E-state index in [4.69, 9.17) is 5.11 Å². The van der Waals surface area contributed by atoms with Crippen LogP contribution in [0.15, 0.2) is 40.1 Å². The molecule has 0 radical (unpaired) electrons. The van der Waals surface area contributed by atoms with Crippen LogP contribution in [0, 0.1) is 0 Å². The summed E-state index contributed by atoms with van der Waals surface area (Å²) in [5.74, 6) is -1.07. The summed E-state index contributed by atoms with van der Waals surface area (Å²) in [7, 11) is -9.41. The van der Waals surface area contributed by atoms with Crippen molar-refractivity contribution in [1.29, 1.82) is 0 Å². The molecular formula is C18H19N6Na3O11S3. The van der Waals surface area contributed by atoms with E-state index in [1.165, 1.54) is 24.3 Å². The van der Waals surface area contributed by atoms with Crippen LogP contribution in [0.3, 0.4) is 0 Å². The normalized spacial score (nSPS) is 11.9. The number of aliphatic hydroxyl groups is 2. The summed E-state index contributed by atoms with van der Waals surface area (Å²) < 4.78 is 72.1. The molecule has 5 N–H and O–H groups in total. The number of nitrogens with one attached hydrogen (secondary N) is 3. The Morgan fingerprint density at radius 2 is 1.59 bits per heavy atom. The van der Waals surface area contributed by atoms with Gasteiger partial charge >= 0.3 is 88.7 Å². The topological polar surface area (TPSA) is 271 Å². The zero-order valence-electron chi connectivity index (χ0n) is 21.9. The fraction of sp³-hybridized carbons (Fsp3) is 0.278. The van der Waals surface area contributed by atoms with Crippen molar-refractivity contribution in [2.24, 2.45) is 0 Å². The number of fused-ring (bicyclic) bond motifs is 1. The maximum absolute atomic E-state index is 11.8. The van der Waals surface area contributed by atoms with Crippen molar-refractivity contribution < 1.29 is 139 Å². The monoisotopic (exact) mass is 660 g/mol. The van der Waals surface area contributed by atoms with E-state index < -0.39 is 43.6 Å². The second-order valence-electron chi connectivity index (χ2n) is 7.37. The number of aromatic nitrogens is 3. The zero-order valence-corrected chi connectivity index (χ0v) is 30.4. The van der Waals surface area contributed by atoms with Crippen molar-refractivity contribution in [3.8, 4) is 0 Å². The Balaban J connectivity index is 0.00000533. The molecule has 0 aliphatic carbocycles. The molecule has 2 aromatic carbocycles. The molecule has 0 aliphatic rings. The van der Waals surface area contributed by atoms with Gasteiger partial charge in [0.25, 0.3) is 0 Å². The van der Waals surface area contributed by atoms with Crippen LogP contribution in [0.1, 0.15) is 0 Å². The summed E-state index contributed by atoms with van der Waals surface area (Å²) in [6.45, 7) is -1.00. The van der Waals surface area contributed by atoms with E-state index in [0.29, 0.717) is 17.7 Å². The average Bonchev–Trinajstić information content (AvgIpc) is 2.84. The molecule has 1 atom stereocenters. The van der Waals surface area contributed by atoms with Crippen LogP contribution in [-0.2, 0) is 29.6 Å². The van der Waals surface area contributed by atoms with Crippen molar-refractivity contribution >= 4 is 66.6 Å². The number of hydrogen-bond donors (Lipinski definition) is 5. The maximum atomic E-state index is 11.8. The molecule has 1 unspecified atom stereocenters. The van der Waals surface area contributed by atoms with Gasteiger partial charge < -0.3 is 40.5 Å². The molecule has 1 aromatic heterocycles. The third-order valence-corrected chi connectivity index (χ3v) is 6.68. The molecule has 41 heavy (non-hydrogen) atoms. The van der Waals surface area contributed by atoms with E-state index >= 15 is 0 Å². The minimum atomic E-state index is -4.91. The van der Waals surface area contributed by atoms with Gasteiger partial charge in [0, 0.05) is 23.7 Å². The molecule has 0 fully saturated rings. The molecule has 23 heteroatoms. The fourth-order valence-corrected chi connectivity index (χ4v) is 4.58. The first-order chi connectivity index (χ1) is 17.9. The standard InChI is InChI=1S/C18H22N6O11S3.3Na/c25-9-12(26)8-20-17-22-16(19-3-4-37(28,29)30)23-18(24-17)21-11-1-2-14-10(5-11)6-13(36-35-34-27)7-15(14)38(31,32)33;;;/h1-2,5-7,12,25-27H,3-4,8-9H2,(H,28,29,30)(H,31,32,33)(H3,19,20,21,22,23,24);;;/q;3*+1/p-3. The summed E-state index contributed by atoms with van der Waals surface area (Å²) in [5.41, 5.74) is 0.301. The maximum Gasteiger partial charge on any atom is 1.00 e. The summed E-state index contributed by atoms with van der Waals surface area (Å²) in [6.07, 6.45) is -1.14. The van der Waals surface area contributed by atoms with Gasteiger partial charge in [-0.15, -0.1) is 0 Å². The number of nitrogens with zero attached hydrogens (tertiary/aromatic N) is 3. The molecule has 3 aromatic rings. The van der Waals surface area contributed by atoms with Crippen molar-refractivity contribution in [3.05, 3.63) is 30.3 Å². The Morgan fingerprint density at radius 3 is 2.17 bits per heavy atom. The quantitative estimate of drug-likeness (QED) is 0.0353. The van der Waals surface area contributed by atoms with Gasteiger partial charge in [0.1, 0.15) is 10.1 Å². The SMILES string of the molecule is O=S(=O)([O-])CCNc1nc(NCC(O)CO)nc(Nc2ccc3c(S(=O)(=O)[O-])cc(SOO[O-])cc3c2)n1.[Na+].[Na+].[Na+]. The van der Waals surface area contributed by atoms with Crippen molar-refractivity contribution in [1.82, 2.24) is 15.0 Å². The molecule has 17 nitrogen and oxygen atoms in total. The number of aliphatic hydroxyl groups excluding tert-OH is 2. The molecule has 0 spiro atoms. The van der Waals surface area contributed by atoms with Crippen LogP contribution in [0.5, 0.6) is 0 Å². The zero-order chi connectivity index (χ0) is 27.9. The average molecular weight is 661 g/mol. The van der Waals surface area contributed by atoms with Crippen molar-refractivity contribution in [3.63, 3.8) is 0 Å². The van der Waals surface area contributed by atoms with Crippen LogP contribution in [0.25, 0.3) is 10.8 Å². The first-order valence-electron chi connectivity index (χ1n) is 10.3. The van der Waals surface area contributed by atoms with Gasteiger partial charge in [0.05, 0.1) is 45.5 Å². The van der Waals surface area contributed by atoms with E-state index in [9.17, 15) is 36.3 Å². The number of anilines is 4. The second-order valence-corrected chi connectivity index (χ2v) is 11.0. The van der Waals surface area contributed by atoms with E-state index in [-0.39, 0.29) is 135 Å². The smallest absolute Gasteiger partial charge is 0.748 e. The Bertz CT molecular complexity index is 1510. The van der Waals surface area contributed by atoms with Gasteiger partial charge in [-0.05, 0) is 35.0 Å². The van der Waals surface area contributed by atoms with Crippen LogP contribution in [0.4, 0.5) is 23.5 Å². The summed E-state index contributed by atoms with van der Waals surface area (Å²) >= 11 is 0.387. The van der Waals surface area contributed by atoms with Crippen LogP contribution < -0.4 is 110 Å². The Kier molecular flexibility index (Phi) is 18.8. The van der Waals surface area contributed by atoms with Gasteiger partial charge in [-0.2, -0.15) is 19.3 Å². The number of rotatable bonds is 14. The first kappa shape index (κ1) is 41.1. The Hall–Kier alpha value is 0.0800. The molecular weight excluding hydrogens is 641 g/mol. The number of hydrogen-bond acceptors (Lipinski definition) is 18. The van der Waals surface area contributed by atoms with Gasteiger partial charge in [0.15, 0.2) is 0 Å². The predicted octanol–water partition coefficient (Wildman–Crippen LogP) is -10.4.